The fourth-order valence-electron chi connectivity index (χ4n) is 2.77. The van der Waals surface area contributed by atoms with E-state index < -0.39 is 11.7 Å². The number of benzene rings is 1. The van der Waals surface area contributed by atoms with Crippen LogP contribution in [0, 0.1) is 13.8 Å². The third-order valence-electron chi connectivity index (χ3n) is 4.02. The molecule has 0 aliphatic carbocycles. The number of nitrogens with zero attached hydrogens (tertiary/aromatic N) is 2. The van der Waals surface area contributed by atoms with E-state index in [-0.39, 0.29) is 18.4 Å². The summed E-state index contributed by atoms with van der Waals surface area (Å²) in [7, 11) is 1.55. The molecule has 0 aliphatic rings. The molecule has 0 fully saturated rings. The topological polar surface area (TPSA) is 56.1 Å². The van der Waals surface area contributed by atoms with Crippen LogP contribution in [0.4, 0.5) is 13.2 Å². The number of aryl methyl sites for hydroxylation is 1. The fraction of sp³-hybridized carbons (Fsp3) is 0.444. The van der Waals surface area contributed by atoms with Gasteiger partial charge in [-0.1, -0.05) is 6.07 Å². The lowest BCUT2D eigenvalue weighted by atomic mass is 10.1. The van der Waals surface area contributed by atoms with E-state index in [1.54, 1.807) is 27.0 Å². The van der Waals surface area contributed by atoms with Crippen LogP contribution in [-0.4, -0.2) is 35.4 Å². The molecular formula is C18H22F3N3O2. The SMILES string of the molecule is COCC(C)NC(=O)Cc1c(C)nn(-c2cccc(C(F)(F)F)c2)c1C. The summed E-state index contributed by atoms with van der Waals surface area (Å²) in [5.41, 5.74) is 1.51. The molecule has 0 saturated carbocycles. The second-order valence-corrected chi connectivity index (χ2v) is 6.21. The molecule has 0 saturated heterocycles. The molecule has 1 aromatic carbocycles. The highest BCUT2D eigenvalue weighted by molar-refractivity contribution is 5.79. The number of carbonyl (C=O) groups excluding carboxylic acids is 1. The Morgan fingerprint density at radius 1 is 1.35 bits per heavy atom. The Bertz CT molecular complexity index is 784. The van der Waals surface area contributed by atoms with Gasteiger partial charge in [0.25, 0.3) is 0 Å². The maximum atomic E-state index is 12.9. The van der Waals surface area contributed by atoms with E-state index >= 15 is 0 Å². The zero-order chi connectivity index (χ0) is 19.5. The predicted molar refractivity (Wildman–Crippen MR) is 91.2 cm³/mol. The van der Waals surface area contributed by atoms with Crippen molar-refractivity contribution in [1.29, 1.82) is 0 Å². The normalized spacial score (nSPS) is 12.9. The van der Waals surface area contributed by atoms with E-state index in [0.717, 1.165) is 12.1 Å². The number of rotatable bonds is 6. The first-order valence-corrected chi connectivity index (χ1v) is 8.14. The second kappa shape index (κ2) is 7.90. The van der Waals surface area contributed by atoms with Gasteiger partial charge in [0.05, 0.1) is 30.0 Å². The van der Waals surface area contributed by atoms with E-state index in [1.165, 1.54) is 10.7 Å². The van der Waals surface area contributed by atoms with Crippen LogP contribution >= 0.6 is 0 Å². The van der Waals surface area contributed by atoms with Crippen LogP contribution in [0.3, 0.4) is 0 Å². The summed E-state index contributed by atoms with van der Waals surface area (Å²) in [5, 5.41) is 7.13. The molecule has 8 heteroatoms. The monoisotopic (exact) mass is 369 g/mol. The first-order valence-electron chi connectivity index (χ1n) is 8.14. The van der Waals surface area contributed by atoms with E-state index in [4.69, 9.17) is 4.74 Å². The van der Waals surface area contributed by atoms with Crippen molar-refractivity contribution in [3.8, 4) is 5.69 Å². The first-order chi connectivity index (χ1) is 12.1. The summed E-state index contributed by atoms with van der Waals surface area (Å²) in [6.07, 6.45) is -4.32. The molecule has 26 heavy (non-hydrogen) atoms. The molecule has 1 N–H and O–H groups in total. The van der Waals surface area contributed by atoms with E-state index in [0.29, 0.717) is 29.2 Å². The Labute approximate surface area is 150 Å². The number of carbonyl (C=O) groups is 1. The quantitative estimate of drug-likeness (QED) is 0.851. The molecular weight excluding hydrogens is 347 g/mol. The number of aromatic nitrogens is 2. The average Bonchev–Trinajstić information content (AvgIpc) is 2.82. The van der Waals surface area contributed by atoms with Gasteiger partial charge < -0.3 is 10.1 Å². The molecule has 0 bridgehead atoms. The van der Waals surface area contributed by atoms with Crippen LogP contribution < -0.4 is 5.32 Å². The molecule has 1 unspecified atom stereocenters. The first kappa shape index (κ1) is 20.0. The van der Waals surface area contributed by atoms with Crippen molar-refractivity contribution in [2.45, 2.75) is 39.4 Å². The lowest BCUT2D eigenvalue weighted by Crippen LogP contribution is -2.36. The fourth-order valence-corrected chi connectivity index (χ4v) is 2.77. The highest BCUT2D eigenvalue weighted by atomic mass is 19.4. The summed E-state index contributed by atoms with van der Waals surface area (Å²) in [6, 6.07) is 4.82. The van der Waals surface area contributed by atoms with Gasteiger partial charge in [-0.2, -0.15) is 18.3 Å². The molecule has 142 valence electrons. The maximum Gasteiger partial charge on any atom is 0.416 e. The minimum absolute atomic E-state index is 0.102. The maximum absolute atomic E-state index is 12.9. The van der Waals surface area contributed by atoms with Gasteiger partial charge in [-0.05, 0) is 39.0 Å². The minimum atomic E-state index is -4.42. The van der Waals surface area contributed by atoms with Crippen molar-refractivity contribution in [3.63, 3.8) is 0 Å². The van der Waals surface area contributed by atoms with Gasteiger partial charge in [-0.15, -0.1) is 0 Å². The van der Waals surface area contributed by atoms with Gasteiger partial charge in [-0.25, -0.2) is 4.68 Å². The molecule has 0 aliphatic heterocycles. The molecule has 1 heterocycles. The summed E-state index contributed by atoms with van der Waals surface area (Å²) >= 11 is 0. The van der Waals surface area contributed by atoms with Gasteiger partial charge in [0.1, 0.15) is 0 Å². The van der Waals surface area contributed by atoms with Crippen molar-refractivity contribution in [2.75, 3.05) is 13.7 Å². The van der Waals surface area contributed by atoms with Gasteiger partial charge in [0.15, 0.2) is 0 Å². The summed E-state index contributed by atoms with van der Waals surface area (Å²) in [4.78, 5) is 12.2. The molecule has 0 radical (unpaired) electrons. The van der Waals surface area contributed by atoms with Crippen molar-refractivity contribution >= 4 is 5.91 Å². The Balaban J connectivity index is 2.27. The number of ether oxygens (including phenoxy) is 1. The van der Waals surface area contributed by atoms with Crippen LogP contribution in [-0.2, 0) is 22.1 Å². The molecule has 1 atom stereocenters. The van der Waals surface area contributed by atoms with Crippen molar-refractivity contribution in [2.24, 2.45) is 0 Å². The van der Waals surface area contributed by atoms with Gasteiger partial charge in [0.2, 0.25) is 5.91 Å². The van der Waals surface area contributed by atoms with Crippen molar-refractivity contribution < 1.29 is 22.7 Å². The number of alkyl halides is 3. The Kier molecular flexibility index (Phi) is 6.07. The van der Waals surface area contributed by atoms with Crippen LogP contribution in [0.5, 0.6) is 0 Å². The number of hydrogen-bond donors (Lipinski definition) is 1. The zero-order valence-electron chi connectivity index (χ0n) is 15.1. The standard InChI is InChI=1S/C18H22F3N3O2/c1-11(10-26-4)22-17(25)9-16-12(2)23-24(13(16)3)15-7-5-6-14(8-15)18(19,20)21/h5-8,11H,9-10H2,1-4H3,(H,22,25). The molecule has 5 nitrogen and oxygen atoms in total. The third kappa shape index (κ3) is 4.63. The summed E-state index contributed by atoms with van der Waals surface area (Å²) in [6.45, 7) is 5.69. The Morgan fingerprint density at radius 2 is 2.04 bits per heavy atom. The number of halogens is 3. The average molecular weight is 369 g/mol. The van der Waals surface area contributed by atoms with Crippen LogP contribution in [0.25, 0.3) is 5.69 Å². The Morgan fingerprint density at radius 3 is 2.65 bits per heavy atom. The molecule has 0 spiro atoms. The van der Waals surface area contributed by atoms with Crippen LogP contribution in [0.15, 0.2) is 24.3 Å². The highest BCUT2D eigenvalue weighted by Gasteiger charge is 2.30. The van der Waals surface area contributed by atoms with Gasteiger partial charge in [0, 0.05) is 24.4 Å². The van der Waals surface area contributed by atoms with Gasteiger partial charge in [-0.3, -0.25) is 4.79 Å². The van der Waals surface area contributed by atoms with Gasteiger partial charge >= 0.3 is 6.18 Å². The number of methoxy groups -OCH3 is 1. The lowest BCUT2D eigenvalue weighted by Gasteiger charge is -2.13. The smallest absolute Gasteiger partial charge is 0.383 e. The highest BCUT2D eigenvalue weighted by Crippen LogP contribution is 2.30. The molecule has 2 rings (SSSR count). The van der Waals surface area contributed by atoms with E-state index in [2.05, 4.69) is 10.4 Å². The third-order valence-corrected chi connectivity index (χ3v) is 4.02. The number of amides is 1. The second-order valence-electron chi connectivity index (χ2n) is 6.21. The lowest BCUT2D eigenvalue weighted by molar-refractivity contribution is -0.137. The van der Waals surface area contributed by atoms with Crippen molar-refractivity contribution in [1.82, 2.24) is 15.1 Å². The largest absolute Gasteiger partial charge is 0.416 e. The van der Waals surface area contributed by atoms with Crippen LogP contribution in [0.2, 0.25) is 0 Å². The van der Waals surface area contributed by atoms with E-state index in [1.807, 2.05) is 6.92 Å². The Hall–Kier alpha value is -2.35. The molecule has 1 amide bonds. The van der Waals surface area contributed by atoms with Crippen LogP contribution in [0.1, 0.15) is 29.4 Å². The summed E-state index contributed by atoms with van der Waals surface area (Å²) in [5.74, 6) is -0.190. The van der Waals surface area contributed by atoms with Crippen molar-refractivity contribution in [3.05, 3.63) is 46.8 Å². The number of nitrogens with one attached hydrogen (secondary N) is 1. The predicted octanol–water partition coefficient (Wildman–Crippen LogP) is 3.20. The zero-order valence-corrected chi connectivity index (χ0v) is 15.1. The minimum Gasteiger partial charge on any atom is -0.383 e. The number of hydrogen-bond acceptors (Lipinski definition) is 3. The van der Waals surface area contributed by atoms with E-state index in [9.17, 15) is 18.0 Å². The molecule has 1 aromatic heterocycles. The summed E-state index contributed by atoms with van der Waals surface area (Å²) < 4.78 is 45.2. The molecule has 2 aromatic rings.